The number of hydrogen-bond donors (Lipinski definition) is 3. The molecular weight excluding hydrogens is 334 g/mol. The van der Waals surface area contributed by atoms with Gasteiger partial charge in [0.2, 0.25) is 5.91 Å². The first kappa shape index (κ1) is 15.8. The monoisotopic (exact) mass is 347 g/mol. The number of rotatable bonds is 4. The van der Waals surface area contributed by atoms with E-state index >= 15 is 0 Å². The fraction of sp³-hybridized carbons (Fsp3) is 0.333. The van der Waals surface area contributed by atoms with Gasteiger partial charge in [-0.2, -0.15) is 0 Å². The number of carbonyl (C=O) groups excluding carboxylic acids is 1. The highest BCUT2D eigenvalue weighted by molar-refractivity contribution is 9.10. The minimum Gasteiger partial charge on any atom is -0.409 e. The SMILES string of the molecule is CCC(C)(C(=O)Nc1ccc(Cl)cc1Br)/C(N)=N/O. The quantitative estimate of drug-likeness (QED) is 0.338. The maximum Gasteiger partial charge on any atom is 0.238 e. The molecule has 0 spiro atoms. The van der Waals surface area contributed by atoms with Crippen LogP contribution in [0.25, 0.3) is 0 Å². The smallest absolute Gasteiger partial charge is 0.238 e. The zero-order valence-corrected chi connectivity index (χ0v) is 12.9. The lowest BCUT2D eigenvalue weighted by Crippen LogP contribution is -2.44. The second kappa shape index (κ2) is 6.25. The molecule has 0 fully saturated rings. The van der Waals surface area contributed by atoms with Gasteiger partial charge in [0.05, 0.1) is 5.69 Å². The van der Waals surface area contributed by atoms with E-state index in [0.717, 1.165) is 0 Å². The number of nitrogens with two attached hydrogens (primary N) is 1. The normalized spacial score (nSPS) is 14.8. The van der Waals surface area contributed by atoms with E-state index in [0.29, 0.717) is 21.6 Å². The minimum absolute atomic E-state index is 0.127. The third-order valence-electron chi connectivity index (χ3n) is 3.06. The standard InChI is InChI=1S/C12H15BrClN3O2/c1-3-12(2,10(15)17-19)11(18)16-9-5-4-7(14)6-8(9)13/h4-6,19H,3H2,1-2H3,(H2,15,17)(H,16,18). The van der Waals surface area contributed by atoms with Crippen molar-refractivity contribution < 1.29 is 10.0 Å². The molecule has 0 aliphatic rings. The first-order valence-corrected chi connectivity index (χ1v) is 6.76. The summed E-state index contributed by atoms with van der Waals surface area (Å²) in [6.07, 6.45) is 0.403. The summed E-state index contributed by atoms with van der Waals surface area (Å²) in [5, 5.41) is 15.0. The summed E-state index contributed by atoms with van der Waals surface area (Å²) in [5.74, 6) is -0.481. The summed E-state index contributed by atoms with van der Waals surface area (Å²) in [7, 11) is 0. The second-order valence-electron chi connectivity index (χ2n) is 4.25. The molecule has 7 heteroatoms. The van der Waals surface area contributed by atoms with Crippen molar-refractivity contribution in [3.63, 3.8) is 0 Å². The Labute approximate surface area is 124 Å². The molecule has 5 nitrogen and oxygen atoms in total. The van der Waals surface area contributed by atoms with Crippen LogP contribution in [0.2, 0.25) is 5.02 Å². The van der Waals surface area contributed by atoms with E-state index in [-0.39, 0.29) is 11.7 Å². The van der Waals surface area contributed by atoms with Gasteiger partial charge in [0.25, 0.3) is 0 Å². The zero-order chi connectivity index (χ0) is 14.6. The molecule has 1 unspecified atom stereocenters. The number of amides is 1. The van der Waals surface area contributed by atoms with Crippen LogP contribution in [0.5, 0.6) is 0 Å². The summed E-state index contributed by atoms with van der Waals surface area (Å²) in [5.41, 5.74) is 5.08. The highest BCUT2D eigenvalue weighted by Gasteiger charge is 2.36. The Kier molecular flexibility index (Phi) is 5.20. The number of anilines is 1. The Hall–Kier alpha value is -1.27. The van der Waals surface area contributed by atoms with Crippen LogP contribution in [0, 0.1) is 5.41 Å². The van der Waals surface area contributed by atoms with Crippen LogP contribution in [0.4, 0.5) is 5.69 Å². The van der Waals surface area contributed by atoms with Crippen molar-refractivity contribution in [3.8, 4) is 0 Å². The molecule has 0 aliphatic carbocycles. The fourth-order valence-electron chi connectivity index (χ4n) is 1.42. The van der Waals surface area contributed by atoms with E-state index in [2.05, 4.69) is 26.4 Å². The molecule has 0 aliphatic heterocycles. The summed E-state index contributed by atoms with van der Waals surface area (Å²) >= 11 is 9.14. The predicted molar refractivity (Wildman–Crippen MR) is 79.6 cm³/mol. The number of hydrogen-bond acceptors (Lipinski definition) is 3. The lowest BCUT2D eigenvalue weighted by Gasteiger charge is -2.25. The number of nitrogens with one attached hydrogen (secondary N) is 1. The Balaban J connectivity index is 3.01. The molecule has 0 radical (unpaired) electrons. The van der Waals surface area contributed by atoms with Crippen LogP contribution in [-0.2, 0) is 4.79 Å². The van der Waals surface area contributed by atoms with Gasteiger partial charge in [-0.1, -0.05) is 23.7 Å². The zero-order valence-electron chi connectivity index (χ0n) is 10.6. The van der Waals surface area contributed by atoms with Gasteiger partial charge in [0.15, 0.2) is 5.84 Å². The van der Waals surface area contributed by atoms with Crippen LogP contribution in [0.1, 0.15) is 20.3 Å². The maximum absolute atomic E-state index is 12.3. The molecule has 1 amide bonds. The predicted octanol–water partition coefficient (Wildman–Crippen LogP) is 3.20. The van der Waals surface area contributed by atoms with E-state index < -0.39 is 5.41 Å². The number of benzene rings is 1. The maximum atomic E-state index is 12.3. The number of halogens is 2. The van der Waals surface area contributed by atoms with Crippen LogP contribution in [0.3, 0.4) is 0 Å². The fourth-order valence-corrected chi connectivity index (χ4v) is 2.20. The largest absolute Gasteiger partial charge is 0.409 e. The molecule has 4 N–H and O–H groups in total. The van der Waals surface area contributed by atoms with E-state index in [1.54, 1.807) is 32.0 Å². The highest BCUT2D eigenvalue weighted by atomic mass is 79.9. The van der Waals surface area contributed by atoms with E-state index in [4.69, 9.17) is 22.5 Å². The van der Waals surface area contributed by atoms with Crippen molar-refractivity contribution in [3.05, 3.63) is 27.7 Å². The molecule has 1 rings (SSSR count). The Morgan fingerprint density at radius 1 is 1.63 bits per heavy atom. The van der Waals surface area contributed by atoms with Gasteiger partial charge in [-0.3, -0.25) is 4.79 Å². The number of oxime groups is 1. The number of carbonyl (C=O) groups is 1. The number of amidine groups is 1. The topological polar surface area (TPSA) is 87.7 Å². The van der Waals surface area contributed by atoms with Gasteiger partial charge >= 0.3 is 0 Å². The Morgan fingerprint density at radius 3 is 2.74 bits per heavy atom. The van der Waals surface area contributed by atoms with Gasteiger partial charge in [-0.15, -0.1) is 0 Å². The van der Waals surface area contributed by atoms with Crippen LogP contribution in [0.15, 0.2) is 27.8 Å². The summed E-state index contributed by atoms with van der Waals surface area (Å²) in [6, 6.07) is 5.01. The molecule has 0 heterocycles. The molecule has 1 aromatic carbocycles. The van der Waals surface area contributed by atoms with Crippen molar-refractivity contribution in [1.29, 1.82) is 0 Å². The average Bonchev–Trinajstić information content (AvgIpc) is 2.39. The Bertz CT molecular complexity index is 522. The summed E-state index contributed by atoms with van der Waals surface area (Å²) in [6.45, 7) is 3.40. The first-order chi connectivity index (χ1) is 8.85. The van der Waals surface area contributed by atoms with Gasteiger partial charge in [0, 0.05) is 9.50 Å². The minimum atomic E-state index is -1.08. The number of nitrogens with zero attached hydrogens (tertiary/aromatic N) is 1. The van der Waals surface area contributed by atoms with Crippen molar-refractivity contribution in [2.45, 2.75) is 20.3 Å². The average molecular weight is 349 g/mol. The third kappa shape index (κ3) is 3.39. The van der Waals surface area contributed by atoms with Crippen LogP contribution < -0.4 is 11.1 Å². The summed E-state index contributed by atoms with van der Waals surface area (Å²) < 4.78 is 0.659. The van der Waals surface area contributed by atoms with Gasteiger partial charge in [-0.05, 0) is 47.5 Å². The molecule has 19 heavy (non-hydrogen) atoms. The van der Waals surface area contributed by atoms with Crippen molar-refractivity contribution in [1.82, 2.24) is 0 Å². The van der Waals surface area contributed by atoms with Gasteiger partial charge in [0.1, 0.15) is 5.41 Å². The molecule has 104 valence electrons. The third-order valence-corrected chi connectivity index (χ3v) is 3.95. The second-order valence-corrected chi connectivity index (χ2v) is 5.54. The van der Waals surface area contributed by atoms with Gasteiger partial charge in [-0.25, -0.2) is 0 Å². The van der Waals surface area contributed by atoms with Crippen LogP contribution in [-0.4, -0.2) is 17.0 Å². The molecule has 0 saturated heterocycles. The Morgan fingerprint density at radius 2 is 2.26 bits per heavy atom. The lowest BCUT2D eigenvalue weighted by molar-refractivity contribution is -0.121. The molecule has 0 bridgehead atoms. The molecule has 1 atom stereocenters. The van der Waals surface area contributed by atoms with E-state index in [1.165, 1.54) is 0 Å². The van der Waals surface area contributed by atoms with Crippen molar-refractivity contribution in [2.75, 3.05) is 5.32 Å². The van der Waals surface area contributed by atoms with Crippen molar-refractivity contribution >= 4 is 45.0 Å². The molecule has 0 saturated carbocycles. The van der Waals surface area contributed by atoms with Gasteiger partial charge < -0.3 is 16.3 Å². The first-order valence-electron chi connectivity index (χ1n) is 5.59. The lowest BCUT2D eigenvalue weighted by atomic mass is 9.85. The molecular formula is C12H15BrClN3O2. The molecule has 1 aromatic rings. The van der Waals surface area contributed by atoms with E-state index in [1.807, 2.05) is 0 Å². The molecule has 0 aromatic heterocycles. The van der Waals surface area contributed by atoms with Crippen LogP contribution >= 0.6 is 27.5 Å². The summed E-state index contributed by atoms with van der Waals surface area (Å²) in [4.78, 5) is 12.3. The van der Waals surface area contributed by atoms with Crippen molar-refractivity contribution in [2.24, 2.45) is 16.3 Å². The highest BCUT2D eigenvalue weighted by Crippen LogP contribution is 2.29. The van der Waals surface area contributed by atoms with E-state index in [9.17, 15) is 4.79 Å².